The molecule has 1 spiro atoms. The van der Waals surface area contributed by atoms with Crippen LogP contribution in [0, 0.1) is 24.7 Å². The summed E-state index contributed by atoms with van der Waals surface area (Å²) in [6.45, 7) is 7.27. The number of Topliss-reactive ketones (excluding diaryl/α,β-unsaturated/α-hetero) is 1. The zero-order valence-corrected chi connectivity index (χ0v) is 18.1. The Labute approximate surface area is 178 Å². The highest BCUT2D eigenvalue weighted by Crippen LogP contribution is 2.48. The first-order chi connectivity index (χ1) is 14.4. The first-order valence-corrected chi connectivity index (χ1v) is 10.7. The number of hydrogen-bond acceptors (Lipinski definition) is 5. The molecule has 160 valence electrons. The average Bonchev–Trinajstić information content (AvgIpc) is 2.72. The van der Waals surface area contributed by atoms with Crippen molar-refractivity contribution < 1.29 is 23.8 Å². The van der Waals surface area contributed by atoms with Crippen molar-refractivity contribution in [1.29, 1.82) is 0 Å². The first-order valence-electron chi connectivity index (χ1n) is 10.7. The SMILES string of the molecule is C#CCOC(=O)OC1=C(c2c(CC)cc(C)cc2CC)C(=O)CC2(CCOCC2)C1. The zero-order chi connectivity index (χ0) is 21.7. The fourth-order valence-electron chi connectivity index (χ4n) is 4.65. The summed E-state index contributed by atoms with van der Waals surface area (Å²) < 4.78 is 16.1. The van der Waals surface area contributed by atoms with E-state index < -0.39 is 6.16 Å². The normalized spacial score (nSPS) is 18.3. The van der Waals surface area contributed by atoms with Gasteiger partial charge in [-0.05, 0) is 54.7 Å². The van der Waals surface area contributed by atoms with Gasteiger partial charge in [0.15, 0.2) is 12.4 Å². The summed E-state index contributed by atoms with van der Waals surface area (Å²) in [7, 11) is 0. The van der Waals surface area contributed by atoms with E-state index in [1.54, 1.807) is 0 Å². The lowest BCUT2D eigenvalue weighted by Gasteiger charge is -2.40. The molecule has 0 N–H and O–H groups in total. The molecular formula is C25H30O5. The van der Waals surface area contributed by atoms with Crippen LogP contribution in [0.3, 0.4) is 0 Å². The predicted octanol–water partition coefficient (Wildman–Crippen LogP) is 4.78. The number of aryl methyl sites for hydroxylation is 3. The minimum absolute atomic E-state index is 0.0242. The van der Waals surface area contributed by atoms with Gasteiger partial charge in [-0.25, -0.2) is 4.79 Å². The molecule has 1 saturated heterocycles. The van der Waals surface area contributed by atoms with Gasteiger partial charge in [0, 0.05) is 26.1 Å². The number of hydrogen-bond donors (Lipinski definition) is 0. The van der Waals surface area contributed by atoms with E-state index >= 15 is 0 Å². The molecule has 1 aliphatic carbocycles. The zero-order valence-electron chi connectivity index (χ0n) is 18.1. The standard InChI is InChI=1S/C25H30O5/c1-5-10-29-24(27)30-21-16-25(8-11-28-12-9-25)15-20(26)23(21)22-18(6-2)13-17(4)14-19(22)7-3/h1,13-14H,6-12,15-16H2,2-4H3. The van der Waals surface area contributed by atoms with Crippen LogP contribution in [0.25, 0.3) is 5.57 Å². The number of rotatable bonds is 5. The predicted molar refractivity (Wildman–Crippen MR) is 115 cm³/mol. The minimum Gasteiger partial charge on any atom is -0.421 e. The van der Waals surface area contributed by atoms with Crippen molar-refractivity contribution in [1.82, 2.24) is 0 Å². The van der Waals surface area contributed by atoms with Crippen molar-refractivity contribution >= 4 is 17.5 Å². The van der Waals surface area contributed by atoms with Crippen LogP contribution in [-0.2, 0) is 31.8 Å². The summed E-state index contributed by atoms with van der Waals surface area (Å²) in [4.78, 5) is 25.8. The van der Waals surface area contributed by atoms with Crippen LogP contribution in [0.1, 0.15) is 61.8 Å². The van der Waals surface area contributed by atoms with Crippen molar-refractivity contribution in [3.05, 3.63) is 40.1 Å². The second-order valence-corrected chi connectivity index (χ2v) is 8.20. The first kappa shape index (κ1) is 22.1. The Morgan fingerprint density at radius 3 is 2.37 bits per heavy atom. The second kappa shape index (κ2) is 9.49. The van der Waals surface area contributed by atoms with Crippen molar-refractivity contribution in [3.8, 4) is 12.3 Å². The van der Waals surface area contributed by atoms with Gasteiger partial charge in [0.05, 0.1) is 5.57 Å². The Balaban J connectivity index is 2.13. The van der Waals surface area contributed by atoms with Gasteiger partial charge in [0.1, 0.15) is 5.76 Å². The maximum Gasteiger partial charge on any atom is 0.514 e. The van der Waals surface area contributed by atoms with Crippen LogP contribution >= 0.6 is 0 Å². The highest BCUT2D eigenvalue weighted by atomic mass is 16.7. The number of carbonyl (C=O) groups excluding carboxylic acids is 2. The Bertz CT molecular complexity index is 872. The number of carbonyl (C=O) groups is 2. The van der Waals surface area contributed by atoms with Crippen molar-refractivity contribution in [2.75, 3.05) is 19.8 Å². The Kier molecular flexibility index (Phi) is 6.99. The summed E-state index contributed by atoms with van der Waals surface area (Å²) >= 11 is 0. The molecule has 30 heavy (non-hydrogen) atoms. The van der Waals surface area contributed by atoms with E-state index in [2.05, 4.69) is 38.8 Å². The molecule has 0 radical (unpaired) electrons. The third-order valence-electron chi connectivity index (χ3n) is 6.12. The monoisotopic (exact) mass is 410 g/mol. The van der Waals surface area contributed by atoms with E-state index in [1.807, 2.05) is 0 Å². The molecule has 5 heteroatoms. The minimum atomic E-state index is -0.861. The van der Waals surface area contributed by atoms with Crippen LogP contribution in [-0.4, -0.2) is 31.8 Å². The molecule has 0 aromatic heterocycles. The summed E-state index contributed by atoms with van der Waals surface area (Å²) in [5.41, 5.74) is 4.56. The molecule has 1 heterocycles. The third-order valence-corrected chi connectivity index (χ3v) is 6.12. The summed E-state index contributed by atoms with van der Waals surface area (Å²) in [6, 6.07) is 4.23. The van der Waals surface area contributed by atoms with E-state index in [9.17, 15) is 9.59 Å². The lowest BCUT2D eigenvalue weighted by Crippen LogP contribution is -2.37. The second-order valence-electron chi connectivity index (χ2n) is 8.20. The van der Waals surface area contributed by atoms with Gasteiger partial charge in [-0.15, -0.1) is 6.42 Å². The van der Waals surface area contributed by atoms with Gasteiger partial charge >= 0.3 is 6.16 Å². The summed E-state index contributed by atoms with van der Waals surface area (Å²) in [5.74, 6) is 2.69. The van der Waals surface area contributed by atoms with Crippen LogP contribution in [0.4, 0.5) is 4.79 Å². The highest BCUT2D eigenvalue weighted by Gasteiger charge is 2.43. The summed E-state index contributed by atoms with van der Waals surface area (Å²) in [5, 5.41) is 0. The molecule has 1 aromatic rings. The molecule has 2 aliphatic rings. The molecule has 1 fully saturated rings. The number of terminal acetylenes is 1. The fraction of sp³-hybridized carbons (Fsp3) is 0.520. The van der Waals surface area contributed by atoms with Crippen LogP contribution in [0.5, 0.6) is 0 Å². The lowest BCUT2D eigenvalue weighted by atomic mass is 9.67. The van der Waals surface area contributed by atoms with E-state index in [0.29, 0.717) is 37.4 Å². The highest BCUT2D eigenvalue weighted by molar-refractivity contribution is 6.23. The van der Waals surface area contributed by atoms with Crippen LogP contribution in [0.2, 0.25) is 0 Å². The maximum atomic E-state index is 13.5. The van der Waals surface area contributed by atoms with Crippen molar-refractivity contribution in [2.45, 2.75) is 59.3 Å². The van der Waals surface area contributed by atoms with Crippen LogP contribution in [0.15, 0.2) is 17.9 Å². The Hall–Kier alpha value is -2.58. The number of allylic oxidation sites excluding steroid dienone is 2. The smallest absolute Gasteiger partial charge is 0.421 e. The van der Waals surface area contributed by atoms with Gasteiger partial charge in [-0.2, -0.15) is 0 Å². The van der Waals surface area contributed by atoms with Crippen molar-refractivity contribution in [3.63, 3.8) is 0 Å². The quantitative estimate of drug-likeness (QED) is 0.517. The molecule has 3 rings (SSSR count). The number of benzene rings is 1. The Morgan fingerprint density at radius 2 is 1.80 bits per heavy atom. The van der Waals surface area contributed by atoms with E-state index in [0.717, 1.165) is 47.9 Å². The van der Waals surface area contributed by atoms with Crippen molar-refractivity contribution in [2.24, 2.45) is 5.41 Å². The Morgan fingerprint density at radius 1 is 1.17 bits per heavy atom. The number of ketones is 1. The van der Waals surface area contributed by atoms with E-state index in [4.69, 9.17) is 20.6 Å². The molecule has 1 aliphatic heterocycles. The molecular weight excluding hydrogens is 380 g/mol. The molecule has 1 aromatic carbocycles. The molecule has 0 unspecified atom stereocenters. The molecule has 0 bridgehead atoms. The largest absolute Gasteiger partial charge is 0.514 e. The summed E-state index contributed by atoms with van der Waals surface area (Å²) in [6.07, 6.45) is 8.40. The average molecular weight is 411 g/mol. The fourth-order valence-corrected chi connectivity index (χ4v) is 4.65. The number of ether oxygens (including phenoxy) is 3. The maximum absolute atomic E-state index is 13.5. The molecule has 0 saturated carbocycles. The van der Waals surface area contributed by atoms with Gasteiger partial charge in [-0.3, -0.25) is 4.79 Å². The molecule has 0 amide bonds. The van der Waals surface area contributed by atoms with Gasteiger partial charge in [0.2, 0.25) is 0 Å². The van der Waals surface area contributed by atoms with E-state index in [-0.39, 0.29) is 17.8 Å². The van der Waals surface area contributed by atoms with Gasteiger partial charge < -0.3 is 14.2 Å². The van der Waals surface area contributed by atoms with Gasteiger partial charge in [0.25, 0.3) is 0 Å². The van der Waals surface area contributed by atoms with Crippen LogP contribution < -0.4 is 0 Å². The topological polar surface area (TPSA) is 61.8 Å². The van der Waals surface area contributed by atoms with E-state index in [1.165, 1.54) is 0 Å². The lowest BCUT2D eigenvalue weighted by molar-refractivity contribution is -0.119. The van der Waals surface area contributed by atoms with Gasteiger partial charge in [-0.1, -0.05) is 37.5 Å². The molecule has 0 atom stereocenters. The molecule has 5 nitrogen and oxygen atoms in total. The third kappa shape index (κ3) is 4.60.